The average Bonchev–Trinajstić information content (AvgIpc) is 1.83. The summed E-state index contributed by atoms with van der Waals surface area (Å²) in [6, 6.07) is 0. The highest BCUT2D eigenvalue weighted by Gasteiger charge is 2.29. The van der Waals surface area contributed by atoms with Gasteiger partial charge in [-0.25, -0.2) is 0 Å². The van der Waals surface area contributed by atoms with Crippen molar-refractivity contribution in [1.29, 1.82) is 0 Å². The SMILES string of the molecule is C[C@@H]1CC=C(C(C)(C)O)[C@@H](O)C1. The molecule has 0 saturated heterocycles. The minimum absolute atomic E-state index is 0.450. The normalized spacial score (nSPS) is 31.6. The molecule has 2 heteroatoms. The standard InChI is InChI=1S/C10H18O2/c1-7-4-5-8(9(11)6-7)10(2,3)12/h5,7,9,11-12H,4,6H2,1-3H3/t7-,9+/m1/s1. The van der Waals surface area contributed by atoms with Crippen LogP contribution in [0.1, 0.15) is 33.6 Å². The number of hydrogen-bond donors (Lipinski definition) is 2. The molecule has 0 fully saturated rings. The zero-order chi connectivity index (χ0) is 9.35. The summed E-state index contributed by atoms with van der Waals surface area (Å²) >= 11 is 0. The second kappa shape index (κ2) is 3.19. The predicted molar refractivity (Wildman–Crippen MR) is 48.8 cm³/mol. The van der Waals surface area contributed by atoms with E-state index in [1.807, 2.05) is 6.08 Å². The van der Waals surface area contributed by atoms with Crippen molar-refractivity contribution in [2.45, 2.75) is 45.3 Å². The summed E-state index contributed by atoms with van der Waals surface area (Å²) in [6.07, 6.45) is 3.26. The Kier molecular flexibility index (Phi) is 2.59. The molecule has 1 rings (SSSR count). The van der Waals surface area contributed by atoms with Crippen molar-refractivity contribution in [2.24, 2.45) is 5.92 Å². The van der Waals surface area contributed by atoms with Gasteiger partial charge in [0.05, 0.1) is 11.7 Å². The van der Waals surface area contributed by atoms with Gasteiger partial charge in [0.25, 0.3) is 0 Å². The molecule has 0 aliphatic heterocycles. The first kappa shape index (κ1) is 9.75. The Balaban J connectivity index is 2.78. The van der Waals surface area contributed by atoms with Crippen molar-refractivity contribution >= 4 is 0 Å². The lowest BCUT2D eigenvalue weighted by Crippen LogP contribution is -2.33. The third kappa shape index (κ3) is 2.08. The van der Waals surface area contributed by atoms with Crippen molar-refractivity contribution in [1.82, 2.24) is 0 Å². The van der Waals surface area contributed by atoms with Crippen molar-refractivity contribution in [3.05, 3.63) is 11.6 Å². The Hall–Kier alpha value is -0.340. The molecule has 0 unspecified atom stereocenters. The van der Waals surface area contributed by atoms with Crippen LogP contribution in [0.3, 0.4) is 0 Å². The fourth-order valence-corrected chi connectivity index (χ4v) is 1.73. The van der Waals surface area contributed by atoms with Crippen molar-refractivity contribution in [2.75, 3.05) is 0 Å². The zero-order valence-corrected chi connectivity index (χ0v) is 8.04. The van der Waals surface area contributed by atoms with Crippen LogP contribution in [-0.4, -0.2) is 21.9 Å². The summed E-state index contributed by atoms with van der Waals surface area (Å²) in [5.74, 6) is 0.533. The third-order valence-electron chi connectivity index (χ3n) is 2.43. The van der Waals surface area contributed by atoms with Crippen molar-refractivity contribution in [3.63, 3.8) is 0 Å². The minimum Gasteiger partial charge on any atom is -0.389 e. The van der Waals surface area contributed by atoms with Gasteiger partial charge in [0.2, 0.25) is 0 Å². The maximum Gasteiger partial charge on any atom is 0.0825 e. The van der Waals surface area contributed by atoms with Gasteiger partial charge >= 0.3 is 0 Å². The molecule has 2 atom stereocenters. The molecular formula is C10H18O2. The first-order valence-corrected chi connectivity index (χ1v) is 4.52. The molecular weight excluding hydrogens is 152 g/mol. The lowest BCUT2D eigenvalue weighted by Gasteiger charge is -2.31. The summed E-state index contributed by atoms with van der Waals surface area (Å²) in [5.41, 5.74) is -0.0832. The molecule has 70 valence electrons. The lowest BCUT2D eigenvalue weighted by atomic mass is 9.82. The van der Waals surface area contributed by atoms with E-state index in [4.69, 9.17) is 0 Å². The summed E-state index contributed by atoms with van der Waals surface area (Å²) in [7, 11) is 0. The maximum absolute atomic E-state index is 9.67. The van der Waals surface area contributed by atoms with E-state index < -0.39 is 11.7 Å². The number of rotatable bonds is 1. The van der Waals surface area contributed by atoms with Crippen molar-refractivity contribution < 1.29 is 10.2 Å². The van der Waals surface area contributed by atoms with E-state index >= 15 is 0 Å². The van der Waals surface area contributed by atoms with Gasteiger partial charge < -0.3 is 10.2 Å². The molecule has 0 bridgehead atoms. The molecule has 0 heterocycles. The van der Waals surface area contributed by atoms with Gasteiger partial charge in [-0.1, -0.05) is 13.0 Å². The Morgan fingerprint density at radius 2 is 2.08 bits per heavy atom. The summed E-state index contributed by atoms with van der Waals surface area (Å²) in [6.45, 7) is 5.55. The average molecular weight is 170 g/mol. The third-order valence-corrected chi connectivity index (χ3v) is 2.43. The van der Waals surface area contributed by atoms with Crippen LogP contribution in [0.25, 0.3) is 0 Å². The maximum atomic E-state index is 9.67. The Morgan fingerprint density at radius 3 is 2.50 bits per heavy atom. The van der Waals surface area contributed by atoms with Gasteiger partial charge in [0.1, 0.15) is 0 Å². The van der Waals surface area contributed by atoms with Crippen LogP contribution in [0, 0.1) is 5.92 Å². The van der Waals surface area contributed by atoms with E-state index in [0.29, 0.717) is 5.92 Å². The summed E-state index contributed by atoms with van der Waals surface area (Å²) in [5, 5.41) is 19.3. The number of allylic oxidation sites excluding steroid dienone is 1. The van der Waals surface area contributed by atoms with Crippen LogP contribution >= 0.6 is 0 Å². The second-order valence-corrected chi connectivity index (χ2v) is 4.31. The highest BCUT2D eigenvalue weighted by Crippen LogP contribution is 2.30. The molecule has 2 nitrogen and oxygen atoms in total. The molecule has 0 aromatic heterocycles. The van der Waals surface area contributed by atoms with E-state index in [1.165, 1.54) is 0 Å². The van der Waals surface area contributed by atoms with E-state index in [1.54, 1.807) is 13.8 Å². The Morgan fingerprint density at radius 1 is 1.50 bits per heavy atom. The van der Waals surface area contributed by atoms with Gasteiger partial charge in [-0.15, -0.1) is 0 Å². The molecule has 0 amide bonds. The topological polar surface area (TPSA) is 40.5 Å². The molecule has 0 saturated carbocycles. The monoisotopic (exact) mass is 170 g/mol. The fraction of sp³-hybridized carbons (Fsp3) is 0.800. The van der Waals surface area contributed by atoms with Crippen LogP contribution in [0.2, 0.25) is 0 Å². The van der Waals surface area contributed by atoms with Crippen LogP contribution in [0.5, 0.6) is 0 Å². The molecule has 1 aliphatic rings. The van der Waals surface area contributed by atoms with Crippen LogP contribution in [0.15, 0.2) is 11.6 Å². The molecule has 2 N–H and O–H groups in total. The number of aliphatic hydroxyl groups is 2. The first-order valence-electron chi connectivity index (χ1n) is 4.52. The number of hydrogen-bond acceptors (Lipinski definition) is 2. The van der Waals surface area contributed by atoms with Gasteiger partial charge in [0, 0.05) is 0 Å². The van der Waals surface area contributed by atoms with Crippen LogP contribution in [0.4, 0.5) is 0 Å². The summed E-state index contributed by atoms with van der Waals surface area (Å²) in [4.78, 5) is 0. The van der Waals surface area contributed by atoms with Gasteiger partial charge in [-0.05, 0) is 38.2 Å². The van der Waals surface area contributed by atoms with E-state index in [0.717, 1.165) is 18.4 Å². The second-order valence-electron chi connectivity index (χ2n) is 4.31. The fourth-order valence-electron chi connectivity index (χ4n) is 1.73. The van der Waals surface area contributed by atoms with E-state index in [-0.39, 0.29) is 0 Å². The van der Waals surface area contributed by atoms with Crippen LogP contribution < -0.4 is 0 Å². The highest BCUT2D eigenvalue weighted by molar-refractivity contribution is 5.21. The zero-order valence-electron chi connectivity index (χ0n) is 8.04. The molecule has 1 aliphatic carbocycles. The van der Waals surface area contributed by atoms with Gasteiger partial charge in [-0.3, -0.25) is 0 Å². The van der Waals surface area contributed by atoms with Crippen LogP contribution in [-0.2, 0) is 0 Å². The lowest BCUT2D eigenvalue weighted by molar-refractivity contribution is 0.0671. The molecule has 0 radical (unpaired) electrons. The van der Waals surface area contributed by atoms with Gasteiger partial charge in [0.15, 0.2) is 0 Å². The van der Waals surface area contributed by atoms with E-state index in [2.05, 4.69) is 6.92 Å². The Labute approximate surface area is 73.9 Å². The predicted octanol–water partition coefficient (Wildman–Crippen LogP) is 1.47. The highest BCUT2D eigenvalue weighted by atomic mass is 16.3. The molecule has 0 aromatic carbocycles. The smallest absolute Gasteiger partial charge is 0.0825 e. The van der Waals surface area contributed by atoms with Crippen molar-refractivity contribution in [3.8, 4) is 0 Å². The first-order chi connectivity index (χ1) is 5.41. The molecule has 12 heavy (non-hydrogen) atoms. The quantitative estimate of drug-likeness (QED) is 0.585. The number of aliphatic hydroxyl groups excluding tert-OH is 1. The molecule has 0 spiro atoms. The largest absolute Gasteiger partial charge is 0.389 e. The minimum atomic E-state index is -0.862. The van der Waals surface area contributed by atoms with Gasteiger partial charge in [-0.2, -0.15) is 0 Å². The summed E-state index contributed by atoms with van der Waals surface area (Å²) < 4.78 is 0. The van der Waals surface area contributed by atoms with E-state index in [9.17, 15) is 10.2 Å². The Bertz CT molecular complexity index is 189. The molecule has 0 aromatic rings.